The lowest BCUT2D eigenvalue weighted by atomic mass is 10.0. The smallest absolute Gasteiger partial charge is 0.0376 e. The van der Waals surface area contributed by atoms with E-state index in [4.69, 9.17) is 5.73 Å². The maximum absolute atomic E-state index is 5.61. The van der Waals surface area contributed by atoms with Crippen LogP contribution in [0.2, 0.25) is 0 Å². The largest absolute Gasteiger partial charge is 0.384 e. The summed E-state index contributed by atoms with van der Waals surface area (Å²) in [5, 5.41) is 3.32. The van der Waals surface area contributed by atoms with Gasteiger partial charge < -0.3 is 11.1 Å². The molecule has 58 valence electrons. The molecule has 3 N–H and O–H groups in total. The Bertz CT molecular complexity index is 257. The summed E-state index contributed by atoms with van der Waals surface area (Å²) in [6.45, 7) is 1.74. The zero-order chi connectivity index (χ0) is 7.68. The Hall–Kier alpha value is -1.02. The number of benzene rings is 1. The lowest BCUT2D eigenvalue weighted by Gasteiger charge is -2.04. The molecule has 0 bridgehead atoms. The molecule has 11 heavy (non-hydrogen) atoms. The number of rotatable bonds is 1. The molecule has 0 aromatic heterocycles. The van der Waals surface area contributed by atoms with Crippen molar-refractivity contribution in [2.24, 2.45) is 5.73 Å². The van der Waals surface area contributed by atoms with Gasteiger partial charge in [0.15, 0.2) is 0 Å². The van der Waals surface area contributed by atoms with E-state index >= 15 is 0 Å². The SMILES string of the molecule is NC[C@H]1CNc2ccccc21. The van der Waals surface area contributed by atoms with Crippen molar-refractivity contribution in [2.75, 3.05) is 18.4 Å². The first-order valence-corrected chi connectivity index (χ1v) is 3.94. The molecule has 2 rings (SSSR count). The van der Waals surface area contributed by atoms with Crippen molar-refractivity contribution >= 4 is 5.69 Å². The first-order valence-electron chi connectivity index (χ1n) is 3.94. The lowest BCUT2D eigenvalue weighted by Crippen LogP contribution is -2.13. The highest BCUT2D eigenvalue weighted by Gasteiger charge is 2.18. The Morgan fingerprint density at radius 1 is 1.45 bits per heavy atom. The quantitative estimate of drug-likeness (QED) is 0.627. The van der Waals surface area contributed by atoms with Crippen molar-refractivity contribution < 1.29 is 0 Å². The molecule has 0 aliphatic carbocycles. The van der Waals surface area contributed by atoms with Gasteiger partial charge in [-0.2, -0.15) is 0 Å². The fraction of sp³-hybridized carbons (Fsp3) is 0.333. The molecule has 1 aromatic carbocycles. The van der Waals surface area contributed by atoms with E-state index in [-0.39, 0.29) is 0 Å². The molecule has 1 aromatic rings. The third-order valence-electron chi connectivity index (χ3n) is 2.22. The van der Waals surface area contributed by atoms with Crippen LogP contribution >= 0.6 is 0 Å². The Kier molecular flexibility index (Phi) is 1.55. The zero-order valence-electron chi connectivity index (χ0n) is 6.38. The van der Waals surface area contributed by atoms with Crippen molar-refractivity contribution in [3.05, 3.63) is 29.8 Å². The molecule has 1 atom stereocenters. The van der Waals surface area contributed by atoms with Crippen LogP contribution in [0.5, 0.6) is 0 Å². The van der Waals surface area contributed by atoms with Crippen LogP contribution < -0.4 is 11.1 Å². The standard InChI is InChI=1S/C9H12N2/c10-5-7-6-11-9-4-2-1-3-8(7)9/h1-4,7,11H,5-6,10H2/t7-/m0/s1. The van der Waals surface area contributed by atoms with Crippen LogP contribution in [0.15, 0.2) is 24.3 Å². The lowest BCUT2D eigenvalue weighted by molar-refractivity contribution is 0.767. The van der Waals surface area contributed by atoms with E-state index in [0.29, 0.717) is 5.92 Å². The Balaban J connectivity index is 2.39. The number of nitrogens with two attached hydrogens (primary N) is 1. The minimum absolute atomic E-state index is 0.520. The summed E-state index contributed by atoms with van der Waals surface area (Å²) in [5.74, 6) is 0.520. The number of anilines is 1. The van der Waals surface area contributed by atoms with E-state index in [0.717, 1.165) is 13.1 Å². The van der Waals surface area contributed by atoms with Crippen LogP contribution in [0.3, 0.4) is 0 Å². The first kappa shape index (κ1) is 6.68. The van der Waals surface area contributed by atoms with E-state index < -0.39 is 0 Å². The molecule has 0 amide bonds. The minimum atomic E-state index is 0.520. The second-order valence-electron chi connectivity index (χ2n) is 2.90. The molecule has 0 saturated carbocycles. The number of hydrogen-bond donors (Lipinski definition) is 2. The van der Waals surface area contributed by atoms with Crippen LogP contribution in [0.4, 0.5) is 5.69 Å². The highest BCUT2D eigenvalue weighted by Crippen LogP contribution is 2.29. The normalized spacial score (nSPS) is 21.0. The first-order chi connectivity index (χ1) is 5.42. The second kappa shape index (κ2) is 2.55. The van der Waals surface area contributed by atoms with Crippen molar-refractivity contribution in [1.29, 1.82) is 0 Å². The van der Waals surface area contributed by atoms with Gasteiger partial charge in [-0.25, -0.2) is 0 Å². The summed E-state index contributed by atoms with van der Waals surface area (Å²) in [4.78, 5) is 0. The summed E-state index contributed by atoms with van der Waals surface area (Å²) in [5.41, 5.74) is 8.23. The Morgan fingerprint density at radius 3 is 3.09 bits per heavy atom. The van der Waals surface area contributed by atoms with E-state index in [1.807, 2.05) is 6.07 Å². The third kappa shape index (κ3) is 0.994. The summed E-state index contributed by atoms with van der Waals surface area (Å²) in [6.07, 6.45) is 0. The Labute approximate surface area is 66.4 Å². The summed E-state index contributed by atoms with van der Waals surface area (Å²) >= 11 is 0. The summed E-state index contributed by atoms with van der Waals surface area (Å²) in [7, 11) is 0. The summed E-state index contributed by atoms with van der Waals surface area (Å²) < 4.78 is 0. The molecular formula is C9H12N2. The van der Waals surface area contributed by atoms with E-state index in [9.17, 15) is 0 Å². The van der Waals surface area contributed by atoms with Gasteiger partial charge in [-0.15, -0.1) is 0 Å². The molecule has 1 heterocycles. The summed E-state index contributed by atoms with van der Waals surface area (Å²) in [6, 6.07) is 8.36. The highest BCUT2D eigenvalue weighted by molar-refractivity contribution is 5.57. The van der Waals surface area contributed by atoms with Gasteiger partial charge in [-0.3, -0.25) is 0 Å². The fourth-order valence-corrected chi connectivity index (χ4v) is 1.57. The van der Waals surface area contributed by atoms with Gasteiger partial charge in [-0.05, 0) is 11.6 Å². The third-order valence-corrected chi connectivity index (χ3v) is 2.22. The highest BCUT2D eigenvalue weighted by atomic mass is 14.9. The molecule has 1 aliphatic heterocycles. The van der Waals surface area contributed by atoms with Gasteiger partial charge in [0.25, 0.3) is 0 Å². The van der Waals surface area contributed by atoms with Crippen LogP contribution in [0.25, 0.3) is 0 Å². The van der Waals surface area contributed by atoms with Crippen LogP contribution in [-0.4, -0.2) is 13.1 Å². The average Bonchev–Trinajstić information content (AvgIpc) is 2.47. The van der Waals surface area contributed by atoms with Crippen molar-refractivity contribution in [1.82, 2.24) is 0 Å². The van der Waals surface area contributed by atoms with E-state index in [1.54, 1.807) is 0 Å². The maximum Gasteiger partial charge on any atom is 0.0376 e. The predicted molar refractivity (Wildman–Crippen MR) is 46.7 cm³/mol. The van der Waals surface area contributed by atoms with Gasteiger partial charge in [0.1, 0.15) is 0 Å². The molecule has 0 unspecified atom stereocenters. The van der Waals surface area contributed by atoms with Gasteiger partial charge in [0.2, 0.25) is 0 Å². The van der Waals surface area contributed by atoms with Crippen LogP contribution in [0, 0.1) is 0 Å². The van der Waals surface area contributed by atoms with E-state index in [1.165, 1.54) is 11.3 Å². The topological polar surface area (TPSA) is 38.0 Å². The van der Waals surface area contributed by atoms with Gasteiger partial charge in [0.05, 0.1) is 0 Å². The molecule has 0 spiro atoms. The number of fused-ring (bicyclic) bond motifs is 1. The van der Waals surface area contributed by atoms with Crippen molar-refractivity contribution in [3.8, 4) is 0 Å². The molecule has 0 radical (unpaired) electrons. The van der Waals surface area contributed by atoms with Crippen LogP contribution in [-0.2, 0) is 0 Å². The predicted octanol–water partition coefficient (Wildman–Crippen LogP) is 1.15. The number of hydrogen-bond acceptors (Lipinski definition) is 2. The second-order valence-corrected chi connectivity index (χ2v) is 2.90. The molecular weight excluding hydrogens is 136 g/mol. The maximum atomic E-state index is 5.61. The van der Waals surface area contributed by atoms with Gasteiger partial charge in [0, 0.05) is 24.7 Å². The van der Waals surface area contributed by atoms with E-state index in [2.05, 4.69) is 23.5 Å². The van der Waals surface area contributed by atoms with Crippen molar-refractivity contribution in [2.45, 2.75) is 5.92 Å². The van der Waals surface area contributed by atoms with Crippen molar-refractivity contribution in [3.63, 3.8) is 0 Å². The van der Waals surface area contributed by atoms with Gasteiger partial charge in [-0.1, -0.05) is 18.2 Å². The molecule has 2 heteroatoms. The number of nitrogens with one attached hydrogen (secondary N) is 1. The zero-order valence-corrected chi connectivity index (χ0v) is 6.38. The van der Waals surface area contributed by atoms with Gasteiger partial charge >= 0.3 is 0 Å². The molecule has 0 saturated heterocycles. The monoisotopic (exact) mass is 148 g/mol. The molecule has 0 fully saturated rings. The minimum Gasteiger partial charge on any atom is -0.384 e. The van der Waals surface area contributed by atoms with Crippen LogP contribution in [0.1, 0.15) is 11.5 Å². The number of para-hydroxylation sites is 1. The fourth-order valence-electron chi connectivity index (χ4n) is 1.57. The molecule has 2 nitrogen and oxygen atoms in total. The average molecular weight is 148 g/mol. The Morgan fingerprint density at radius 2 is 2.27 bits per heavy atom. The molecule has 1 aliphatic rings.